The van der Waals surface area contributed by atoms with Crippen LogP contribution >= 0.6 is 11.6 Å². The van der Waals surface area contributed by atoms with E-state index in [4.69, 9.17) is 11.6 Å². The van der Waals surface area contributed by atoms with Gasteiger partial charge < -0.3 is 10.6 Å². The van der Waals surface area contributed by atoms with Gasteiger partial charge in [0, 0.05) is 18.6 Å². The lowest BCUT2D eigenvalue weighted by Crippen LogP contribution is -2.27. The van der Waals surface area contributed by atoms with E-state index in [9.17, 15) is 10.1 Å². The van der Waals surface area contributed by atoms with Crippen LogP contribution in [-0.2, 0) is 17.6 Å². The number of nitriles is 1. The van der Waals surface area contributed by atoms with E-state index in [-0.39, 0.29) is 17.5 Å². The number of nitrogens with zero attached hydrogens (tertiary/aromatic N) is 1. The second-order valence-electron chi connectivity index (χ2n) is 6.33. The highest BCUT2D eigenvalue weighted by Crippen LogP contribution is 2.26. The smallest absolute Gasteiger partial charge is 0.263 e. The molecule has 0 aromatic heterocycles. The van der Waals surface area contributed by atoms with Gasteiger partial charge >= 0.3 is 0 Å². The van der Waals surface area contributed by atoms with Crippen LogP contribution in [0.3, 0.4) is 0 Å². The minimum atomic E-state index is -0.361. The number of carbonyl (C=O) groups excluding carboxylic acids is 1. The Kier molecular flexibility index (Phi) is 7.81. The summed E-state index contributed by atoms with van der Waals surface area (Å²) in [6.45, 7) is 2.57. The van der Waals surface area contributed by atoms with E-state index >= 15 is 0 Å². The fourth-order valence-electron chi connectivity index (χ4n) is 3.12. The molecule has 2 rings (SSSR count). The fraction of sp³-hybridized carbons (Fsp3) is 0.500. The van der Waals surface area contributed by atoms with Gasteiger partial charge in [-0.1, -0.05) is 25.1 Å². The molecular weight excluding hydrogens is 334 g/mol. The van der Waals surface area contributed by atoms with Crippen molar-refractivity contribution in [2.75, 3.05) is 12.4 Å². The SMILES string of the molecule is CCC(N/C=C(/C#N)C(=O)NCCCCl)c1ccc2c(c1)CCCC2. The highest BCUT2D eigenvalue weighted by atomic mass is 35.5. The summed E-state index contributed by atoms with van der Waals surface area (Å²) in [4.78, 5) is 12.0. The van der Waals surface area contributed by atoms with Crippen molar-refractivity contribution in [2.45, 2.75) is 51.5 Å². The van der Waals surface area contributed by atoms with Crippen molar-refractivity contribution in [3.63, 3.8) is 0 Å². The Hall–Kier alpha value is -1.99. The van der Waals surface area contributed by atoms with Crippen LogP contribution in [-0.4, -0.2) is 18.3 Å². The second-order valence-corrected chi connectivity index (χ2v) is 6.71. The zero-order valence-electron chi connectivity index (χ0n) is 14.8. The van der Waals surface area contributed by atoms with Gasteiger partial charge in [-0.15, -0.1) is 11.6 Å². The highest BCUT2D eigenvalue weighted by Gasteiger charge is 2.14. The molecule has 1 aromatic carbocycles. The second kappa shape index (κ2) is 10.1. The molecule has 25 heavy (non-hydrogen) atoms. The van der Waals surface area contributed by atoms with Gasteiger partial charge in [0.25, 0.3) is 5.91 Å². The summed E-state index contributed by atoms with van der Waals surface area (Å²) >= 11 is 5.59. The summed E-state index contributed by atoms with van der Waals surface area (Å²) in [6, 6.07) is 8.71. The van der Waals surface area contributed by atoms with Crippen LogP contribution < -0.4 is 10.6 Å². The van der Waals surface area contributed by atoms with Crippen molar-refractivity contribution in [1.82, 2.24) is 10.6 Å². The largest absolute Gasteiger partial charge is 0.383 e. The molecule has 134 valence electrons. The van der Waals surface area contributed by atoms with Gasteiger partial charge in [0.2, 0.25) is 0 Å². The number of halogens is 1. The van der Waals surface area contributed by atoms with E-state index in [2.05, 4.69) is 35.8 Å². The molecule has 0 fully saturated rings. The van der Waals surface area contributed by atoms with E-state index in [0.717, 1.165) is 12.8 Å². The third-order valence-corrected chi connectivity index (χ3v) is 4.84. The molecule has 0 aliphatic heterocycles. The zero-order valence-corrected chi connectivity index (χ0v) is 15.5. The molecule has 1 unspecified atom stereocenters. The zero-order chi connectivity index (χ0) is 18.1. The standard InChI is InChI=1S/C20H26ClN3O/c1-2-19(17-9-8-15-6-3-4-7-16(15)12-17)24-14-18(13-22)20(25)23-11-5-10-21/h8-9,12,14,19,24H,2-7,10-11H2,1H3,(H,23,25)/b18-14-. The van der Waals surface area contributed by atoms with Crippen LogP contribution in [0.4, 0.5) is 0 Å². The Labute approximate surface area is 155 Å². The number of carbonyl (C=O) groups is 1. The molecule has 0 saturated heterocycles. The van der Waals surface area contributed by atoms with Gasteiger partial charge in [-0.2, -0.15) is 5.26 Å². The predicted molar refractivity (Wildman–Crippen MR) is 101 cm³/mol. The molecule has 4 nitrogen and oxygen atoms in total. The number of benzene rings is 1. The van der Waals surface area contributed by atoms with Crippen molar-refractivity contribution >= 4 is 17.5 Å². The molecule has 0 saturated carbocycles. The topological polar surface area (TPSA) is 64.9 Å². The van der Waals surface area contributed by atoms with E-state index in [1.54, 1.807) is 0 Å². The number of amides is 1. The molecule has 2 N–H and O–H groups in total. The third-order valence-electron chi connectivity index (χ3n) is 4.57. The summed E-state index contributed by atoms with van der Waals surface area (Å²) < 4.78 is 0. The minimum Gasteiger partial charge on any atom is -0.383 e. The maximum atomic E-state index is 12.0. The van der Waals surface area contributed by atoms with Gasteiger partial charge in [0.05, 0.1) is 6.04 Å². The fourth-order valence-corrected chi connectivity index (χ4v) is 3.25. The normalized spacial score (nSPS) is 15.0. The summed E-state index contributed by atoms with van der Waals surface area (Å²) in [5.74, 6) is 0.126. The first kappa shape index (κ1) is 19.3. The van der Waals surface area contributed by atoms with E-state index < -0.39 is 0 Å². The predicted octanol–water partition coefficient (Wildman–Crippen LogP) is 3.76. The number of nitrogens with one attached hydrogen (secondary N) is 2. The number of alkyl halides is 1. The lowest BCUT2D eigenvalue weighted by atomic mass is 9.89. The molecule has 1 atom stereocenters. The first-order valence-corrected chi connectivity index (χ1v) is 9.55. The summed E-state index contributed by atoms with van der Waals surface area (Å²) in [6.07, 6.45) is 7.93. The number of hydrogen-bond donors (Lipinski definition) is 2. The molecule has 5 heteroatoms. The molecule has 0 bridgehead atoms. The van der Waals surface area contributed by atoms with Gasteiger partial charge in [0.15, 0.2) is 0 Å². The average molecular weight is 360 g/mol. The van der Waals surface area contributed by atoms with Crippen LogP contribution in [0.25, 0.3) is 0 Å². The van der Waals surface area contributed by atoms with Crippen LogP contribution in [0.5, 0.6) is 0 Å². The molecule has 1 aliphatic rings. The Balaban J connectivity index is 2.05. The summed E-state index contributed by atoms with van der Waals surface area (Å²) in [7, 11) is 0. The highest BCUT2D eigenvalue weighted by molar-refractivity contribution is 6.17. The van der Waals surface area contributed by atoms with Crippen molar-refractivity contribution in [2.24, 2.45) is 0 Å². The van der Waals surface area contributed by atoms with E-state index in [1.165, 1.54) is 42.2 Å². The number of hydrogen-bond acceptors (Lipinski definition) is 3. The van der Waals surface area contributed by atoms with Crippen molar-refractivity contribution in [3.05, 3.63) is 46.7 Å². The molecule has 0 heterocycles. The van der Waals surface area contributed by atoms with Crippen LogP contribution in [0.2, 0.25) is 0 Å². The van der Waals surface area contributed by atoms with Crippen LogP contribution in [0, 0.1) is 11.3 Å². The Bertz CT molecular complexity index is 663. The average Bonchev–Trinajstić information content (AvgIpc) is 2.65. The molecule has 1 aliphatic carbocycles. The third kappa shape index (κ3) is 5.51. The maximum Gasteiger partial charge on any atom is 0.263 e. The Morgan fingerprint density at radius 3 is 2.80 bits per heavy atom. The van der Waals surface area contributed by atoms with Crippen molar-refractivity contribution in [3.8, 4) is 6.07 Å². The lowest BCUT2D eigenvalue weighted by Gasteiger charge is -2.21. The molecule has 0 radical (unpaired) electrons. The first-order chi connectivity index (χ1) is 12.2. The van der Waals surface area contributed by atoms with Gasteiger partial charge in [-0.05, 0) is 55.2 Å². The Morgan fingerprint density at radius 1 is 1.36 bits per heavy atom. The number of rotatable bonds is 8. The minimum absolute atomic E-state index is 0.0889. The molecular formula is C20H26ClN3O. The van der Waals surface area contributed by atoms with Gasteiger partial charge in [-0.3, -0.25) is 4.79 Å². The van der Waals surface area contributed by atoms with Crippen LogP contribution in [0.1, 0.15) is 55.3 Å². The van der Waals surface area contributed by atoms with E-state index in [1.807, 2.05) is 6.07 Å². The maximum absolute atomic E-state index is 12.0. The van der Waals surface area contributed by atoms with Gasteiger partial charge in [0.1, 0.15) is 11.6 Å². The monoisotopic (exact) mass is 359 g/mol. The number of fused-ring (bicyclic) bond motifs is 1. The van der Waals surface area contributed by atoms with Crippen LogP contribution in [0.15, 0.2) is 30.0 Å². The molecule has 1 amide bonds. The van der Waals surface area contributed by atoms with Crippen molar-refractivity contribution in [1.29, 1.82) is 5.26 Å². The lowest BCUT2D eigenvalue weighted by molar-refractivity contribution is -0.117. The Morgan fingerprint density at radius 2 is 2.12 bits per heavy atom. The molecule has 1 aromatic rings. The van der Waals surface area contributed by atoms with E-state index in [0.29, 0.717) is 18.8 Å². The first-order valence-electron chi connectivity index (χ1n) is 9.01. The van der Waals surface area contributed by atoms with Crippen molar-refractivity contribution < 1.29 is 4.79 Å². The molecule has 0 spiro atoms. The number of aryl methyl sites for hydroxylation is 2. The van der Waals surface area contributed by atoms with Gasteiger partial charge in [-0.25, -0.2) is 0 Å². The quantitative estimate of drug-likeness (QED) is 0.321. The summed E-state index contributed by atoms with van der Waals surface area (Å²) in [5, 5.41) is 15.2. The summed E-state index contributed by atoms with van der Waals surface area (Å²) in [5.41, 5.74) is 4.19.